The summed E-state index contributed by atoms with van der Waals surface area (Å²) in [4.78, 5) is 1.21. The lowest BCUT2D eigenvalue weighted by molar-refractivity contribution is -0.906. The fraction of sp³-hybridized carbons (Fsp3) is 0.750. The third-order valence-electron chi connectivity index (χ3n) is 4.68. The van der Waals surface area contributed by atoms with E-state index in [-0.39, 0.29) is 6.10 Å². The predicted octanol–water partition coefficient (Wildman–Crippen LogP) is -0.806. The van der Waals surface area contributed by atoms with E-state index in [0.717, 1.165) is 19.4 Å². The van der Waals surface area contributed by atoms with Crippen molar-refractivity contribution >= 4 is 21.4 Å². The number of quaternary nitrogens is 1. The number of sulfonamides is 1. The summed E-state index contributed by atoms with van der Waals surface area (Å²) in [5.74, 6) is 0. The zero-order chi connectivity index (χ0) is 17.7. The molecule has 7 nitrogen and oxygen atoms in total. The van der Waals surface area contributed by atoms with Crippen LogP contribution in [0.3, 0.4) is 0 Å². The Kier molecular flexibility index (Phi) is 6.84. The average molecular weight is 392 g/mol. The highest BCUT2D eigenvalue weighted by Crippen LogP contribution is 2.20. The molecule has 0 aliphatic carbocycles. The van der Waals surface area contributed by atoms with Gasteiger partial charge in [-0.2, -0.15) is 4.31 Å². The number of aliphatic hydroxyl groups excluding tert-OH is 1. The highest BCUT2D eigenvalue weighted by Gasteiger charge is 2.31. The van der Waals surface area contributed by atoms with Crippen molar-refractivity contribution in [2.45, 2.75) is 29.3 Å². The minimum absolute atomic E-state index is 0.172. The highest BCUT2D eigenvalue weighted by molar-refractivity contribution is 7.91. The lowest BCUT2D eigenvalue weighted by atomic mass is 10.2. The second kappa shape index (κ2) is 8.90. The van der Waals surface area contributed by atoms with Crippen LogP contribution in [-0.2, 0) is 19.5 Å². The van der Waals surface area contributed by atoms with E-state index in [9.17, 15) is 13.5 Å². The van der Waals surface area contributed by atoms with E-state index in [2.05, 4.69) is 0 Å². The fourth-order valence-corrected chi connectivity index (χ4v) is 5.87. The van der Waals surface area contributed by atoms with Crippen molar-refractivity contribution in [2.75, 3.05) is 52.5 Å². The van der Waals surface area contributed by atoms with E-state index in [1.165, 1.54) is 16.2 Å². The Morgan fingerprint density at radius 3 is 2.88 bits per heavy atom. The number of hydrogen-bond acceptors (Lipinski definition) is 6. The van der Waals surface area contributed by atoms with Gasteiger partial charge in [-0.25, -0.2) is 8.42 Å². The molecule has 1 aromatic heterocycles. The summed E-state index contributed by atoms with van der Waals surface area (Å²) >= 11 is 1.25. The van der Waals surface area contributed by atoms with Crippen molar-refractivity contribution < 1.29 is 27.9 Å². The van der Waals surface area contributed by atoms with Crippen molar-refractivity contribution in [2.24, 2.45) is 0 Å². The summed E-state index contributed by atoms with van der Waals surface area (Å²) in [5.41, 5.74) is 0. The minimum Gasteiger partial charge on any atom is -0.385 e. The molecule has 0 saturated carbocycles. The van der Waals surface area contributed by atoms with Crippen molar-refractivity contribution in [3.8, 4) is 0 Å². The van der Waals surface area contributed by atoms with E-state index in [1.807, 2.05) is 0 Å². The first kappa shape index (κ1) is 19.2. The minimum atomic E-state index is -3.36. The van der Waals surface area contributed by atoms with Crippen LogP contribution in [-0.4, -0.2) is 82.6 Å². The Morgan fingerprint density at radius 1 is 1.44 bits per heavy atom. The Morgan fingerprint density at radius 2 is 2.24 bits per heavy atom. The zero-order valence-electron chi connectivity index (χ0n) is 14.3. The maximum absolute atomic E-state index is 12.5. The number of nitrogens with zero attached hydrogens (tertiary/aromatic N) is 1. The summed E-state index contributed by atoms with van der Waals surface area (Å²) in [6, 6.07) is 3.40. The normalized spacial score (nSPS) is 24.6. The van der Waals surface area contributed by atoms with Gasteiger partial charge in [-0.15, -0.1) is 11.3 Å². The van der Waals surface area contributed by atoms with E-state index >= 15 is 0 Å². The molecule has 25 heavy (non-hydrogen) atoms. The summed E-state index contributed by atoms with van der Waals surface area (Å²) in [5, 5.41) is 11.9. The monoisotopic (exact) mass is 391 g/mol. The molecule has 0 amide bonds. The maximum Gasteiger partial charge on any atom is 0.252 e. The molecule has 2 aliphatic rings. The predicted molar refractivity (Wildman–Crippen MR) is 94.4 cm³/mol. The van der Waals surface area contributed by atoms with Gasteiger partial charge in [-0.05, 0) is 24.3 Å². The van der Waals surface area contributed by atoms with Crippen LogP contribution in [0, 0.1) is 0 Å². The van der Waals surface area contributed by atoms with Gasteiger partial charge in [0.25, 0.3) is 10.0 Å². The summed E-state index contributed by atoms with van der Waals surface area (Å²) in [7, 11) is -3.36. The molecular weight excluding hydrogens is 364 g/mol. The second-order valence-corrected chi connectivity index (χ2v) is 9.73. The van der Waals surface area contributed by atoms with E-state index in [0.29, 0.717) is 50.1 Å². The van der Waals surface area contributed by atoms with Crippen LogP contribution >= 0.6 is 11.3 Å². The summed E-state index contributed by atoms with van der Waals surface area (Å²) < 4.78 is 38.0. The Bertz CT molecular complexity index is 608. The molecule has 2 atom stereocenters. The number of aliphatic hydroxyl groups is 1. The number of ether oxygens (including phenoxy) is 2. The van der Waals surface area contributed by atoms with E-state index < -0.39 is 16.1 Å². The third kappa shape index (κ3) is 5.22. The quantitative estimate of drug-likeness (QED) is 0.606. The molecule has 142 valence electrons. The highest BCUT2D eigenvalue weighted by atomic mass is 32.2. The maximum atomic E-state index is 12.5. The van der Waals surface area contributed by atoms with Crippen LogP contribution in [0.5, 0.6) is 0 Å². The molecule has 0 aromatic carbocycles. The molecule has 2 saturated heterocycles. The zero-order valence-corrected chi connectivity index (χ0v) is 15.9. The Hall–Kier alpha value is -0.550. The standard InChI is InChI=1S/C16H26N2O5S2/c19-14(12-22-13-15-3-1-9-23-15)11-17-5-7-18(8-6-17)25(20,21)16-4-2-10-24-16/h2,4,10,14-15,19H,1,3,5-9,11-13H2/p+1/t14-,15-/m0/s1. The van der Waals surface area contributed by atoms with Gasteiger partial charge in [0.05, 0.1) is 45.5 Å². The van der Waals surface area contributed by atoms with E-state index in [1.54, 1.807) is 21.8 Å². The van der Waals surface area contributed by atoms with Gasteiger partial charge < -0.3 is 19.5 Å². The molecular formula is C16H27N2O5S2+. The Balaban J connectivity index is 1.37. The van der Waals surface area contributed by atoms with Crippen molar-refractivity contribution in [3.05, 3.63) is 17.5 Å². The molecule has 9 heteroatoms. The lowest BCUT2D eigenvalue weighted by Crippen LogP contribution is -3.15. The molecule has 3 rings (SSSR count). The summed E-state index contributed by atoms with van der Waals surface area (Å²) in [6.07, 6.45) is 1.75. The van der Waals surface area contributed by atoms with Gasteiger partial charge in [-0.1, -0.05) is 6.07 Å². The first-order chi connectivity index (χ1) is 12.1. The lowest BCUT2D eigenvalue weighted by Gasteiger charge is -2.32. The van der Waals surface area contributed by atoms with Gasteiger partial charge in [0, 0.05) is 6.61 Å². The molecule has 2 fully saturated rings. The van der Waals surface area contributed by atoms with Crippen LogP contribution in [0.15, 0.2) is 21.7 Å². The van der Waals surface area contributed by atoms with Crippen LogP contribution in [0.2, 0.25) is 0 Å². The van der Waals surface area contributed by atoms with Crippen molar-refractivity contribution in [1.82, 2.24) is 4.31 Å². The summed E-state index contributed by atoms with van der Waals surface area (Å²) in [6.45, 7) is 4.61. The first-order valence-corrected chi connectivity index (χ1v) is 11.1. The average Bonchev–Trinajstić information content (AvgIpc) is 3.29. The van der Waals surface area contributed by atoms with Crippen LogP contribution in [0.4, 0.5) is 0 Å². The molecule has 0 unspecified atom stereocenters. The molecule has 0 spiro atoms. The molecule has 2 aliphatic heterocycles. The number of thiophene rings is 1. The van der Waals surface area contributed by atoms with Gasteiger partial charge in [0.2, 0.25) is 0 Å². The number of hydrogen-bond donors (Lipinski definition) is 2. The topological polar surface area (TPSA) is 80.5 Å². The van der Waals surface area contributed by atoms with Gasteiger partial charge >= 0.3 is 0 Å². The molecule has 3 heterocycles. The molecule has 0 radical (unpaired) electrons. The van der Waals surface area contributed by atoms with Crippen molar-refractivity contribution in [3.63, 3.8) is 0 Å². The SMILES string of the molecule is O=S(=O)(c1cccs1)N1CC[NH+](C[C@H](O)COC[C@@H]2CCCO2)CC1. The van der Waals surface area contributed by atoms with Gasteiger partial charge in [-0.3, -0.25) is 0 Å². The van der Waals surface area contributed by atoms with Crippen molar-refractivity contribution in [1.29, 1.82) is 0 Å². The van der Waals surface area contributed by atoms with Gasteiger partial charge in [0.15, 0.2) is 0 Å². The number of piperazine rings is 1. The number of rotatable bonds is 8. The molecule has 0 bridgehead atoms. The van der Waals surface area contributed by atoms with Crippen LogP contribution in [0.25, 0.3) is 0 Å². The smallest absolute Gasteiger partial charge is 0.252 e. The van der Waals surface area contributed by atoms with Gasteiger partial charge in [0.1, 0.15) is 16.9 Å². The Labute approximate surface area is 153 Å². The van der Waals surface area contributed by atoms with Crippen LogP contribution < -0.4 is 4.90 Å². The molecule has 2 N–H and O–H groups in total. The fourth-order valence-electron chi connectivity index (χ4n) is 3.29. The number of nitrogens with one attached hydrogen (secondary N) is 1. The first-order valence-electron chi connectivity index (χ1n) is 8.80. The van der Waals surface area contributed by atoms with E-state index in [4.69, 9.17) is 9.47 Å². The third-order valence-corrected chi connectivity index (χ3v) is 7.95. The largest absolute Gasteiger partial charge is 0.385 e. The van der Waals surface area contributed by atoms with Crippen LogP contribution in [0.1, 0.15) is 12.8 Å². The second-order valence-electron chi connectivity index (χ2n) is 6.62. The molecule has 1 aromatic rings.